The molecule has 2 aromatic carbocycles. The lowest BCUT2D eigenvalue weighted by molar-refractivity contribution is -0.119. The van der Waals surface area contributed by atoms with Crippen LogP contribution >= 0.6 is 23.4 Å². The number of benzene rings is 1. The zero-order valence-electron chi connectivity index (χ0n) is 17.3. The van der Waals surface area contributed by atoms with Crippen molar-refractivity contribution in [3.8, 4) is 28.4 Å². The van der Waals surface area contributed by atoms with Crippen molar-refractivity contribution in [3.05, 3.63) is 45.6 Å². The minimum atomic E-state index is -0.366. The van der Waals surface area contributed by atoms with Crippen LogP contribution in [0, 0.1) is 0 Å². The van der Waals surface area contributed by atoms with E-state index in [2.05, 4.69) is 5.32 Å². The third kappa shape index (κ3) is 4.09. The molecule has 3 rings (SSSR count). The number of alkyl halides is 1. The maximum atomic E-state index is 12.8. The van der Waals surface area contributed by atoms with Gasteiger partial charge in [-0.3, -0.25) is 9.59 Å². The number of amides is 1. The summed E-state index contributed by atoms with van der Waals surface area (Å²) in [7, 11) is 4.71. The van der Waals surface area contributed by atoms with E-state index in [1.165, 1.54) is 11.8 Å². The topological polar surface area (TPSA) is 73.9 Å². The molecule has 0 spiro atoms. The van der Waals surface area contributed by atoms with E-state index >= 15 is 0 Å². The van der Waals surface area contributed by atoms with Crippen molar-refractivity contribution in [1.82, 2.24) is 5.32 Å². The molecular formula is C22H24ClNO5S. The Bertz CT molecular complexity index is 1030. The highest BCUT2D eigenvalue weighted by Crippen LogP contribution is 2.50. The van der Waals surface area contributed by atoms with Gasteiger partial charge < -0.3 is 19.5 Å². The Morgan fingerprint density at radius 2 is 1.90 bits per heavy atom. The summed E-state index contributed by atoms with van der Waals surface area (Å²) >= 11 is 7.11. The molecule has 0 aromatic heterocycles. The van der Waals surface area contributed by atoms with Crippen LogP contribution in [0.5, 0.6) is 17.2 Å². The molecule has 8 heteroatoms. The predicted octanol–water partition coefficient (Wildman–Crippen LogP) is 3.80. The van der Waals surface area contributed by atoms with Gasteiger partial charge in [0.2, 0.25) is 11.7 Å². The molecule has 2 aromatic rings. The fraction of sp³-hybridized carbons (Fsp3) is 0.364. The largest absolute Gasteiger partial charge is 0.493 e. The summed E-state index contributed by atoms with van der Waals surface area (Å²) < 4.78 is 16.8. The number of hydrogen-bond donors (Lipinski definition) is 1. The van der Waals surface area contributed by atoms with Gasteiger partial charge in [0, 0.05) is 5.56 Å². The van der Waals surface area contributed by atoms with Crippen LogP contribution in [0.2, 0.25) is 0 Å². The van der Waals surface area contributed by atoms with Crippen LogP contribution in [0.1, 0.15) is 23.6 Å². The Morgan fingerprint density at radius 3 is 2.50 bits per heavy atom. The van der Waals surface area contributed by atoms with Crippen LogP contribution in [-0.2, 0) is 11.2 Å². The Hall–Kier alpha value is -2.38. The first kappa shape index (κ1) is 22.3. The molecule has 6 nitrogen and oxygen atoms in total. The minimum Gasteiger partial charge on any atom is -0.493 e. The number of fused-ring (bicyclic) bond motifs is 3. The molecule has 1 N–H and O–H groups in total. The number of nitrogens with one attached hydrogen (secondary N) is 1. The standard InChI is InChI=1S/C22H24ClNO5S/c1-27-17-9-12-5-7-15(24-19(26)11-23)14-10-16(25)18(30-4)8-6-13(14)20(12)22(29-3)21(17)28-2/h6,8-10,15H,5,7,11H2,1-4H3,(H,24,26). The molecule has 0 aliphatic heterocycles. The fourth-order valence-corrected chi connectivity index (χ4v) is 4.39. The molecule has 0 saturated carbocycles. The summed E-state index contributed by atoms with van der Waals surface area (Å²) in [6.07, 6.45) is 3.09. The lowest BCUT2D eigenvalue weighted by Gasteiger charge is -2.19. The fourth-order valence-electron chi connectivity index (χ4n) is 3.85. The number of methoxy groups -OCH3 is 3. The summed E-state index contributed by atoms with van der Waals surface area (Å²) in [4.78, 5) is 25.5. The smallest absolute Gasteiger partial charge is 0.235 e. The maximum absolute atomic E-state index is 12.8. The quantitative estimate of drug-likeness (QED) is 0.534. The van der Waals surface area contributed by atoms with Crippen molar-refractivity contribution in [2.75, 3.05) is 33.5 Å². The zero-order valence-corrected chi connectivity index (χ0v) is 18.9. The number of aryl methyl sites for hydroxylation is 1. The molecule has 0 saturated heterocycles. The van der Waals surface area contributed by atoms with Gasteiger partial charge in [-0.05, 0) is 54.0 Å². The highest BCUT2D eigenvalue weighted by Gasteiger charge is 2.29. The third-order valence-corrected chi connectivity index (χ3v) is 6.20. The first-order chi connectivity index (χ1) is 14.5. The van der Waals surface area contributed by atoms with Crippen molar-refractivity contribution in [2.24, 2.45) is 0 Å². The van der Waals surface area contributed by atoms with Gasteiger partial charge in [0.25, 0.3) is 0 Å². The molecule has 1 atom stereocenters. The van der Waals surface area contributed by atoms with Gasteiger partial charge >= 0.3 is 0 Å². The van der Waals surface area contributed by atoms with E-state index in [0.29, 0.717) is 35.0 Å². The number of ether oxygens (including phenoxy) is 3. The Balaban J connectivity index is 2.38. The number of rotatable bonds is 6. The van der Waals surface area contributed by atoms with Gasteiger partial charge in [-0.15, -0.1) is 23.4 Å². The van der Waals surface area contributed by atoms with Gasteiger partial charge in [-0.2, -0.15) is 0 Å². The third-order valence-electron chi connectivity index (χ3n) is 5.18. The van der Waals surface area contributed by atoms with E-state index in [-0.39, 0.29) is 23.3 Å². The molecule has 0 fully saturated rings. The number of carbonyl (C=O) groups excluding carboxylic acids is 1. The van der Waals surface area contributed by atoms with E-state index in [9.17, 15) is 9.59 Å². The van der Waals surface area contributed by atoms with E-state index in [4.69, 9.17) is 25.8 Å². The second kappa shape index (κ2) is 9.62. The van der Waals surface area contributed by atoms with Crippen molar-refractivity contribution >= 4 is 29.3 Å². The molecule has 0 heterocycles. The van der Waals surface area contributed by atoms with Crippen molar-refractivity contribution in [3.63, 3.8) is 0 Å². The summed E-state index contributed by atoms with van der Waals surface area (Å²) in [5, 5.41) is 2.95. The van der Waals surface area contributed by atoms with E-state index < -0.39 is 0 Å². The predicted molar refractivity (Wildman–Crippen MR) is 120 cm³/mol. The van der Waals surface area contributed by atoms with Crippen LogP contribution in [0.4, 0.5) is 0 Å². The molecule has 30 heavy (non-hydrogen) atoms. The number of halogens is 1. The molecule has 1 unspecified atom stereocenters. The lowest BCUT2D eigenvalue weighted by Crippen LogP contribution is -2.29. The molecule has 1 aliphatic carbocycles. The van der Waals surface area contributed by atoms with Crippen LogP contribution in [0.3, 0.4) is 0 Å². The highest BCUT2D eigenvalue weighted by atomic mass is 35.5. The maximum Gasteiger partial charge on any atom is 0.235 e. The van der Waals surface area contributed by atoms with Crippen LogP contribution in [-0.4, -0.2) is 39.4 Å². The Morgan fingerprint density at radius 1 is 1.17 bits per heavy atom. The summed E-state index contributed by atoms with van der Waals surface area (Å²) in [5.74, 6) is 1.13. The average Bonchev–Trinajstić information content (AvgIpc) is 3.00. The van der Waals surface area contributed by atoms with E-state index in [1.54, 1.807) is 33.5 Å². The van der Waals surface area contributed by atoms with Crippen molar-refractivity contribution in [1.29, 1.82) is 0 Å². The van der Waals surface area contributed by atoms with Gasteiger partial charge in [-0.25, -0.2) is 0 Å². The average molecular weight is 450 g/mol. The minimum absolute atomic E-state index is 0.100. The first-order valence-corrected chi connectivity index (χ1v) is 11.1. The highest BCUT2D eigenvalue weighted by molar-refractivity contribution is 7.98. The zero-order chi connectivity index (χ0) is 21.8. The number of hydrogen-bond acceptors (Lipinski definition) is 6. The summed E-state index contributed by atoms with van der Waals surface area (Å²) in [6.45, 7) is 0. The molecule has 1 amide bonds. The van der Waals surface area contributed by atoms with Gasteiger partial charge in [-0.1, -0.05) is 6.07 Å². The molecule has 160 valence electrons. The number of thioether (sulfide) groups is 1. The SMILES string of the molecule is COc1cc2c(c(OC)c1OC)-c1ccc(SC)c(=O)cc1C(NC(=O)CCl)CC2. The van der Waals surface area contributed by atoms with Gasteiger partial charge in [0.1, 0.15) is 5.88 Å². The normalized spacial score (nSPS) is 14.8. The van der Waals surface area contributed by atoms with Crippen LogP contribution in [0.15, 0.2) is 34.0 Å². The van der Waals surface area contributed by atoms with Crippen LogP contribution in [0.25, 0.3) is 11.1 Å². The second-order valence-corrected chi connectivity index (χ2v) is 7.87. The number of carbonyl (C=O) groups is 1. The molecule has 0 bridgehead atoms. The molecule has 0 radical (unpaired) electrons. The first-order valence-electron chi connectivity index (χ1n) is 9.38. The summed E-state index contributed by atoms with van der Waals surface area (Å²) in [5.41, 5.74) is 3.24. The lowest BCUT2D eigenvalue weighted by atomic mass is 9.95. The van der Waals surface area contributed by atoms with Crippen molar-refractivity contribution < 1.29 is 19.0 Å². The Labute approximate surface area is 184 Å². The molecular weight excluding hydrogens is 426 g/mol. The van der Waals surface area contributed by atoms with Gasteiger partial charge in [0.15, 0.2) is 16.9 Å². The van der Waals surface area contributed by atoms with Gasteiger partial charge in [0.05, 0.1) is 32.3 Å². The Kier molecular flexibility index (Phi) is 7.15. The summed E-state index contributed by atoms with van der Waals surface area (Å²) in [6, 6.07) is 6.87. The molecule has 1 aliphatic rings. The van der Waals surface area contributed by atoms with E-state index in [1.807, 2.05) is 18.4 Å². The monoisotopic (exact) mass is 449 g/mol. The second-order valence-electron chi connectivity index (χ2n) is 6.75. The van der Waals surface area contributed by atoms with E-state index in [0.717, 1.165) is 22.3 Å². The van der Waals surface area contributed by atoms with Crippen LogP contribution < -0.4 is 25.0 Å². The van der Waals surface area contributed by atoms with Crippen molar-refractivity contribution in [2.45, 2.75) is 23.8 Å².